The number of nitrogens with zero attached hydrogens (tertiary/aromatic N) is 2. The molecule has 0 bridgehead atoms. The summed E-state index contributed by atoms with van der Waals surface area (Å²) in [6.45, 7) is 3.43. The molecular weight excluding hydrogens is 282 g/mol. The molecule has 0 fully saturated rings. The van der Waals surface area contributed by atoms with Gasteiger partial charge >= 0.3 is 0 Å². The normalized spacial score (nSPS) is 10.5. The number of aryl methyl sites for hydroxylation is 1. The summed E-state index contributed by atoms with van der Waals surface area (Å²) < 4.78 is 18.3. The number of rotatable bonds is 6. The van der Waals surface area contributed by atoms with Crippen LogP contribution in [-0.4, -0.2) is 32.4 Å². The molecule has 0 radical (unpaired) electrons. The van der Waals surface area contributed by atoms with Gasteiger partial charge in [0, 0.05) is 25.2 Å². The smallest absolute Gasteiger partial charge is 0.204 e. The van der Waals surface area contributed by atoms with Crippen LogP contribution in [0.2, 0.25) is 0 Å². The van der Waals surface area contributed by atoms with Gasteiger partial charge in [-0.1, -0.05) is 6.92 Å². The summed E-state index contributed by atoms with van der Waals surface area (Å²) in [5, 5.41) is 13.7. The molecule has 1 aromatic carbocycles. The molecule has 0 amide bonds. The molecule has 1 heterocycles. The number of nitriles is 1. The van der Waals surface area contributed by atoms with Crippen molar-refractivity contribution in [3.63, 3.8) is 0 Å². The Morgan fingerprint density at radius 3 is 2.36 bits per heavy atom. The van der Waals surface area contributed by atoms with E-state index in [9.17, 15) is 5.26 Å². The maximum atomic E-state index is 9.51. The van der Waals surface area contributed by atoms with Crippen molar-refractivity contribution in [3.8, 4) is 23.3 Å². The van der Waals surface area contributed by atoms with Gasteiger partial charge < -0.3 is 24.1 Å². The van der Waals surface area contributed by atoms with E-state index in [1.54, 1.807) is 21.3 Å². The monoisotopic (exact) mass is 303 g/mol. The van der Waals surface area contributed by atoms with Gasteiger partial charge in [0.05, 0.1) is 32.2 Å². The third-order valence-electron chi connectivity index (χ3n) is 3.75. The minimum atomic E-state index is 0.533. The maximum absolute atomic E-state index is 9.51. The minimum absolute atomic E-state index is 0.533. The fourth-order valence-electron chi connectivity index (χ4n) is 2.71. The fourth-order valence-corrected chi connectivity index (χ4v) is 2.71. The van der Waals surface area contributed by atoms with Gasteiger partial charge in [0.2, 0.25) is 5.75 Å². The lowest BCUT2D eigenvalue weighted by Gasteiger charge is -2.14. The number of hydrogen-bond donors (Lipinski definition) is 1. The van der Waals surface area contributed by atoms with Crippen LogP contribution in [0, 0.1) is 11.3 Å². The van der Waals surface area contributed by atoms with Crippen LogP contribution in [0.1, 0.15) is 18.2 Å². The second kappa shape index (κ2) is 6.58. The number of methoxy groups -OCH3 is 3. The quantitative estimate of drug-likeness (QED) is 0.886. The Morgan fingerprint density at radius 1 is 1.18 bits per heavy atom. The van der Waals surface area contributed by atoms with Crippen LogP contribution < -0.4 is 19.5 Å². The summed E-state index contributed by atoms with van der Waals surface area (Å²) >= 11 is 0. The second-order valence-electron chi connectivity index (χ2n) is 4.82. The minimum Gasteiger partial charge on any atom is -0.493 e. The second-order valence-corrected chi connectivity index (χ2v) is 4.82. The molecule has 6 heteroatoms. The van der Waals surface area contributed by atoms with Crippen molar-refractivity contribution in [1.29, 1.82) is 5.26 Å². The highest BCUT2D eigenvalue weighted by Gasteiger charge is 2.24. The van der Waals surface area contributed by atoms with Crippen LogP contribution in [0.5, 0.6) is 17.2 Å². The largest absolute Gasteiger partial charge is 0.493 e. The molecule has 118 valence electrons. The Kier molecular flexibility index (Phi) is 4.78. The van der Waals surface area contributed by atoms with E-state index in [4.69, 9.17) is 14.2 Å². The van der Waals surface area contributed by atoms with E-state index in [-0.39, 0.29) is 0 Å². The van der Waals surface area contributed by atoms with Gasteiger partial charge in [-0.05, 0) is 6.54 Å². The Bertz CT molecular complexity index is 729. The molecule has 0 unspecified atom stereocenters. The van der Waals surface area contributed by atoms with E-state index in [1.165, 1.54) is 0 Å². The molecule has 6 nitrogen and oxygen atoms in total. The van der Waals surface area contributed by atoms with Crippen LogP contribution in [0.15, 0.2) is 6.07 Å². The van der Waals surface area contributed by atoms with Crippen molar-refractivity contribution >= 4 is 10.9 Å². The van der Waals surface area contributed by atoms with Gasteiger partial charge in [-0.3, -0.25) is 0 Å². The van der Waals surface area contributed by atoms with Crippen LogP contribution in [-0.2, 0) is 13.6 Å². The molecule has 0 aliphatic heterocycles. The van der Waals surface area contributed by atoms with Crippen LogP contribution in [0.4, 0.5) is 0 Å². The van der Waals surface area contributed by atoms with E-state index >= 15 is 0 Å². The van der Waals surface area contributed by atoms with Crippen LogP contribution in [0.25, 0.3) is 10.9 Å². The fraction of sp³-hybridized carbons (Fsp3) is 0.438. The molecule has 2 aromatic rings. The third kappa shape index (κ3) is 2.34. The third-order valence-corrected chi connectivity index (χ3v) is 3.75. The lowest BCUT2D eigenvalue weighted by molar-refractivity contribution is 0.327. The topological polar surface area (TPSA) is 68.4 Å². The van der Waals surface area contributed by atoms with Crippen molar-refractivity contribution in [1.82, 2.24) is 9.88 Å². The van der Waals surface area contributed by atoms with Gasteiger partial charge in [0.25, 0.3) is 0 Å². The highest BCUT2D eigenvalue weighted by Crippen LogP contribution is 2.46. The van der Waals surface area contributed by atoms with E-state index in [1.807, 2.05) is 24.6 Å². The first-order chi connectivity index (χ1) is 10.6. The highest BCUT2D eigenvalue weighted by atomic mass is 16.5. The summed E-state index contributed by atoms with van der Waals surface area (Å²) in [6, 6.07) is 4.14. The molecular formula is C16H21N3O3. The number of benzene rings is 1. The van der Waals surface area contributed by atoms with E-state index in [0.717, 1.165) is 23.0 Å². The Morgan fingerprint density at radius 2 is 1.86 bits per heavy atom. The number of nitrogens with one attached hydrogen (secondary N) is 1. The van der Waals surface area contributed by atoms with Gasteiger partial charge in [-0.2, -0.15) is 5.26 Å². The first kappa shape index (κ1) is 16.0. The van der Waals surface area contributed by atoms with Gasteiger partial charge in [0.1, 0.15) is 11.8 Å². The Labute approximate surface area is 130 Å². The summed E-state index contributed by atoms with van der Waals surface area (Å²) in [7, 11) is 6.61. The van der Waals surface area contributed by atoms with Crippen molar-refractivity contribution in [2.45, 2.75) is 13.5 Å². The van der Waals surface area contributed by atoms with Crippen LogP contribution in [0.3, 0.4) is 0 Å². The molecule has 0 atom stereocenters. The summed E-state index contributed by atoms with van der Waals surface area (Å²) in [5.41, 5.74) is 2.38. The summed E-state index contributed by atoms with van der Waals surface area (Å²) in [5.74, 6) is 1.69. The number of aromatic nitrogens is 1. The average molecular weight is 303 g/mol. The van der Waals surface area contributed by atoms with Crippen molar-refractivity contribution in [3.05, 3.63) is 17.3 Å². The molecule has 0 aliphatic carbocycles. The maximum Gasteiger partial charge on any atom is 0.204 e. The summed E-state index contributed by atoms with van der Waals surface area (Å²) in [4.78, 5) is 0. The molecule has 2 rings (SSSR count). The predicted molar refractivity (Wildman–Crippen MR) is 84.7 cm³/mol. The lowest BCUT2D eigenvalue weighted by atomic mass is 10.1. The van der Waals surface area contributed by atoms with E-state index in [2.05, 4.69) is 11.4 Å². The molecule has 0 saturated heterocycles. The van der Waals surface area contributed by atoms with Crippen molar-refractivity contribution < 1.29 is 14.2 Å². The first-order valence-corrected chi connectivity index (χ1v) is 7.05. The molecule has 1 N–H and O–H groups in total. The Hall–Kier alpha value is -2.39. The van der Waals surface area contributed by atoms with Crippen molar-refractivity contribution in [2.24, 2.45) is 7.05 Å². The summed E-state index contributed by atoms with van der Waals surface area (Å²) in [6.07, 6.45) is 0. The van der Waals surface area contributed by atoms with Crippen LogP contribution >= 0.6 is 0 Å². The first-order valence-electron chi connectivity index (χ1n) is 7.05. The standard InChI is InChI=1S/C16H21N3O3/c1-6-18-9-10-12(8-17)19(2)11-7-13(20-3)15(21-4)16(22-5)14(10)11/h7,18H,6,9H2,1-5H3. The Balaban J connectivity index is 2.90. The zero-order valence-corrected chi connectivity index (χ0v) is 13.6. The average Bonchev–Trinajstić information content (AvgIpc) is 2.82. The highest BCUT2D eigenvalue weighted by molar-refractivity contribution is 5.96. The number of ether oxygens (including phenoxy) is 3. The molecule has 0 spiro atoms. The molecule has 1 aromatic heterocycles. The number of fused-ring (bicyclic) bond motifs is 1. The van der Waals surface area contributed by atoms with E-state index in [0.29, 0.717) is 29.5 Å². The zero-order chi connectivity index (χ0) is 16.3. The molecule has 0 saturated carbocycles. The van der Waals surface area contributed by atoms with Gasteiger partial charge in [-0.15, -0.1) is 0 Å². The molecule has 0 aliphatic rings. The number of hydrogen-bond acceptors (Lipinski definition) is 5. The predicted octanol–water partition coefficient (Wildman–Crippen LogP) is 2.19. The SMILES string of the molecule is CCNCc1c(C#N)n(C)c2cc(OC)c(OC)c(OC)c12. The molecule has 22 heavy (non-hydrogen) atoms. The van der Waals surface area contributed by atoms with Gasteiger partial charge in [-0.25, -0.2) is 0 Å². The zero-order valence-electron chi connectivity index (χ0n) is 13.6. The van der Waals surface area contributed by atoms with Gasteiger partial charge in [0.15, 0.2) is 11.5 Å². The lowest BCUT2D eigenvalue weighted by Crippen LogP contribution is -2.13. The van der Waals surface area contributed by atoms with Crippen molar-refractivity contribution in [2.75, 3.05) is 27.9 Å². The van der Waals surface area contributed by atoms with E-state index < -0.39 is 0 Å².